The fraction of sp³-hybridized carbons (Fsp3) is 0.600. The highest BCUT2D eigenvalue weighted by atomic mass is 16.6. The first-order valence-corrected chi connectivity index (χ1v) is 12.0. The van der Waals surface area contributed by atoms with E-state index in [4.69, 9.17) is 4.74 Å². The molecule has 3 rings (SSSR count). The van der Waals surface area contributed by atoms with Crippen LogP contribution in [0.4, 0.5) is 9.59 Å². The van der Waals surface area contributed by atoms with E-state index in [0.717, 1.165) is 18.4 Å². The van der Waals surface area contributed by atoms with Crippen LogP contribution in [0.2, 0.25) is 0 Å². The molecule has 1 aromatic rings. The highest BCUT2D eigenvalue weighted by Gasteiger charge is 2.43. The van der Waals surface area contributed by atoms with Crippen LogP contribution in [-0.4, -0.2) is 64.6 Å². The number of ketones is 1. The van der Waals surface area contributed by atoms with E-state index in [0.29, 0.717) is 32.6 Å². The van der Waals surface area contributed by atoms with Gasteiger partial charge in [-0.3, -0.25) is 4.79 Å². The van der Waals surface area contributed by atoms with Gasteiger partial charge in [0.2, 0.25) is 12.0 Å². The van der Waals surface area contributed by atoms with E-state index < -0.39 is 18.4 Å². The quantitative estimate of drug-likeness (QED) is 0.609. The predicted molar refractivity (Wildman–Crippen MR) is 126 cm³/mol. The smallest absolute Gasteiger partial charge is 0.420 e. The monoisotopic (exact) mass is 457 g/mol. The topological polar surface area (TPSA) is 82.2 Å². The van der Waals surface area contributed by atoms with Gasteiger partial charge < -0.3 is 14.5 Å². The number of amides is 3. The Morgan fingerprint density at radius 3 is 2.48 bits per heavy atom. The SMILES string of the molecule is CC(C)CC(C(=O)C1NN(CC(C)C)C(=O)O1)N(Cc1ccccc1)C(=O)N1C[CH]CCC1. The van der Waals surface area contributed by atoms with E-state index >= 15 is 0 Å². The first-order valence-electron chi connectivity index (χ1n) is 12.0. The molecule has 1 N–H and O–H groups in total. The molecule has 8 nitrogen and oxygen atoms in total. The number of carbonyl (C=O) groups is 3. The summed E-state index contributed by atoms with van der Waals surface area (Å²) in [5, 5.41) is 1.35. The molecule has 2 aliphatic rings. The Kier molecular flexibility index (Phi) is 8.72. The molecular formula is C25H37N4O4. The van der Waals surface area contributed by atoms with Gasteiger partial charge in [0, 0.05) is 26.2 Å². The second-order valence-corrected chi connectivity index (χ2v) is 9.72. The second-order valence-electron chi connectivity index (χ2n) is 9.72. The van der Waals surface area contributed by atoms with Crippen LogP contribution in [0.1, 0.15) is 52.5 Å². The second kappa shape index (κ2) is 11.5. The molecule has 2 fully saturated rings. The molecule has 2 heterocycles. The molecule has 3 amide bonds. The van der Waals surface area contributed by atoms with Crippen molar-refractivity contribution in [1.82, 2.24) is 20.2 Å². The Labute approximate surface area is 197 Å². The number of hydrogen-bond acceptors (Lipinski definition) is 5. The number of nitrogens with one attached hydrogen (secondary N) is 1. The van der Waals surface area contributed by atoms with Crippen molar-refractivity contribution in [3.63, 3.8) is 0 Å². The predicted octanol–water partition coefficient (Wildman–Crippen LogP) is 3.83. The summed E-state index contributed by atoms with van der Waals surface area (Å²) in [4.78, 5) is 43.1. The van der Waals surface area contributed by atoms with Gasteiger partial charge in [0.1, 0.15) is 0 Å². The molecule has 1 radical (unpaired) electrons. The lowest BCUT2D eigenvalue weighted by Crippen LogP contribution is -2.56. The lowest BCUT2D eigenvalue weighted by Gasteiger charge is -2.38. The van der Waals surface area contributed by atoms with Crippen molar-refractivity contribution in [3.8, 4) is 0 Å². The third-order valence-corrected chi connectivity index (χ3v) is 5.82. The molecule has 0 bridgehead atoms. The lowest BCUT2D eigenvalue weighted by molar-refractivity contribution is -0.133. The van der Waals surface area contributed by atoms with E-state index in [1.54, 1.807) is 9.80 Å². The maximum Gasteiger partial charge on any atom is 0.426 e. The van der Waals surface area contributed by atoms with Crippen molar-refractivity contribution in [1.29, 1.82) is 0 Å². The molecule has 0 spiro atoms. The highest BCUT2D eigenvalue weighted by Crippen LogP contribution is 2.23. The van der Waals surface area contributed by atoms with Crippen molar-refractivity contribution in [3.05, 3.63) is 42.3 Å². The first kappa shape index (κ1) is 25.0. The Morgan fingerprint density at radius 2 is 1.88 bits per heavy atom. The van der Waals surface area contributed by atoms with Gasteiger partial charge in [-0.25, -0.2) is 14.6 Å². The summed E-state index contributed by atoms with van der Waals surface area (Å²) >= 11 is 0. The van der Waals surface area contributed by atoms with Gasteiger partial charge in [0.15, 0.2) is 0 Å². The van der Waals surface area contributed by atoms with E-state index in [1.807, 2.05) is 58.0 Å². The number of urea groups is 1. The van der Waals surface area contributed by atoms with Gasteiger partial charge in [0.05, 0.1) is 6.04 Å². The number of hydrogen-bond donors (Lipinski definition) is 1. The summed E-state index contributed by atoms with van der Waals surface area (Å²) < 4.78 is 5.39. The van der Waals surface area contributed by atoms with Crippen LogP contribution in [0.5, 0.6) is 0 Å². The van der Waals surface area contributed by atoms with Gasteiger partial charge >= 0.3 is 12.1 Å². The minimum atomic E-state index is -1.10. The summed E-state index contributed by atoms with van der Waals surface area (Å²) in [6, 6.07) is 8.82. The average Bonchev–Trinajstić information content (AvgIpc) is 3.15. The number of cyclic esters (lactones) is 1. The third-order valence-electron chi connectivity index (χ3n) is 5.82. The molecule has 33 heavy (non-hydrogen) atoms. The molecule has 2 aliphatic heterocycles. The number of ether oxygens (including phenoxy) is 1. The fourth-order valence-electron chi connectivity index (χ4n) is 4.23. The zero-order valence-corrected chi connectivity index (χ0v) is 20.2. The van der Waals surface area contributed by atoms with Gasteiger partial charge in [-0.1, -0.05) is 58.0 Å². The van der Waals surface area contributed by atoms with Crippen molar-refractivity contribution < 1.29 is 19.1 Å². The van der Waals surface area contributed by atoms with Gasteiger partial charge in [-0.15, -0.1) is 0 Å². The van der Waals surface area contributed by atoms with E-state index in [1.165, 1.54) is 5.01 Å². The average molecular weight is 458 g/mol. The molecular weight excluding hydrogens is 420 g/mol. The number of nitrogens with zero attached hydrogens (tertiary/aromatic N) is 3. The first-order chi connectivity index (χ1) is 15.8. The molecule has 1 aromatic carbocycles. The van der Waals surface area contributed by atoms with Gasteiger partial charge in [-0.2, -0.15) is 5.43 Å². The number of rotatable bonds is 9. The van der Waals surface area contributed by atoms with E-state index in [-0.39, 0.29) is 23.7 Å². The molecule has 0 saturated carbocycles. The zero-order chi connectivity index (χ0) is 24.0. The van der Waals surface area contributed by atoms with Crippen LogP contribution in [0.15, 0.2) is 30.3 Å². The normalized spacial score (nSPS) is 19.7. The van der Waals surface area contributed by atoms with Gasteiger partial charge in [-0.05, 0) is 43.1 Å². The largest absolute Gasteiger partial charge is 0.426 e. The molecule has 8 heteroatoms. The Bertz CT molecular complexity index is 808. The van der Waals surface area contributed by atoms with Crippen LogP contribution in [0.25, 0.3) is 0 Å². The Hall–Kier alpha value is -2.61. The van der Waals surface area contributed by atoms with E-state index in [2.05, 4.69) is 11.8 Å². The molecule has 2 unspecified atom stereocenters. The van der Waals surface area contributed by atoms with Crippen LogP contribution >= 0.6 is 0 Å². The number of hydrazine groups is 1. The maximum absolute atomic E-state index is 13.7. The molecule has 181 valence electrons. The fourth-order valence-corrected chi connectivity index (χ4v) is 4.23. The minimum Gasteiger partial charge on any atom is -0.420 e. The molecule has 0 aliphatic carbocycles. The summed E-state index contributed by atoms with van der Waals surface area (Å²) in [6.45, 7) is 10.0. The summed E-state index contributed by atoms with van der Waals surface area (Å²) in [5.41, 5.74) is 3.87. The summed E-state index contributed by atoms with van der Waals surface area (Å²) in [7, 11) is 0. The van der Waals surface area contributed by atoms with Crippen LogP contribution in [0, 0.1) is 18.3 Å². The van der Waals surface area contributed by atoms with Crippen molar-refractivity contribution in [2.45, 2.75) is 65.8 Å². The third kappa shape index (κ3) is 6.69. The molecule has 2 atom stereocenters. The van der Waals surface area contributed by atoms with Crippen LogP contribution < -0.4 is 5.43 Å². The lowest BCUT2D eigenvalue weighted by atomic mass is 9.97. The minimum absolute atomic E-state index is 0.155. The maximum atomic E-state index is 13.7. The summed E-state index contributed by atoms with van der Waals surface area (Å²) in [6.07, 6.45) is 2.83. The van der Waals surface area contributed by atoms with Crippen LogP contribution in [-0.2, 0) is 16.1 Å². The Morgan fingerprint density at radius 1 is 1.15 bits per heavy atom. The number of piperidine rings is 1. The molecule has 2 saturated heterocycles. The van der Waals surface area contributed by atoms with Crippen molar-refractivity contribution in [2.75, 3.05) is 19.6 Å². The standard InChI is InChI=1S/C25H37N4O4/c1-18(2)15-21(22(30)23-26-29(16-19(3)4)25(32)33-23)28(17-20-11-7-5-8-12-20)24(31)27-13-9-6-10-14-27/h5,7-9,11-12,18-19,21,23,26H,6,10,13-17H2,1-4H3. The number of Topliss-reactive ketones (excluding diaryl/α,β-unsaturated/α-hetero) is 1. The highest BCUT2D eigenvalue weighted by molar-refractivity contribution is 5.93. The zero-order valence-electron chi connectivity index (χ0n) is 20.2. The molecule has 0 aromatic heterocycles. The van der Waals surface area contributed by atoms with E-state index in [9.17, 15) is 14.4 Å². The van der Waals surface area contributed by atoms with Gasteiger partial charge in [0.25, 0.3) is 0 Å². The number of benzene rings is 1. The number of likely N-dealkylation sites (tertiary alicyclic amines) is 1. The number of carbonyl (C=O) groups excluding carboxylic acids is 3. The Balaban J connectivity index is 1.87. The van der Waals surface area contributed by atoms with Crippen molar-refractivity contribution >= 4 is 17.9 Å². The summed E-state index contributed by atoms with van der Waals surface area (Å²) in [5.74, 6) is 0.0901. The van der Waals surface area contributed by atoms with Crippen molar-refractivity contribution in [2.24, 2.45) is 11.8 Å². The van der Waals surface area contributed by atoms with Crippen LogP contribution in [0.3, 0.4) is 0 Å².